The summed E-state index contributed by atoms with van der Waals surface area (Å²) >= 11 is 0. The zero-order valence-corrected chi connectivity index (χ0v) is 20.5. The third kappa shape index (κ3) is 8.49. The molecular weight excluding hydrogens is 468 g/mol. The van der Waals surface area contributed by atoms with E-state index in [0.29, 0.717) is 31.2 Å². The molecule has 1 N–H and O–H groups in total. The Morgan fingerprint density at radius 1 is 0.972 bits per heavy atom. The molecule has 7 nitrogen and oxygen atoms in total. The summed E-state index contributed by atoms with van der Waals surface area (Å²) in [5.41, 5.74) is 1.02. The van der Waals surface area contributed by atoms with Gasteiger partial charge < -0.3 is 24.3 Å². The molecule has 3 rings (SSSR count). The summed E-state index contributed by atoms with van der Waals surface area (Å²) in [6.45, 7) is 5.10. The van der Waals surface area contributed by atoms with Crippen LogP contribution in [-0.2, 0) is 22.6 Å². The Bertz CT molecular complexity index is 1130. The quantitative estimate of drug-likeness (QED) is 0.341. The highest BCUT2D eigenvalue weighted by atomic mass is 19.1. The fourth-order valence-corrected chi connectivity index (χ4v) is 3.59. The predicted molar refractivity (Wildman–Crippen MR) is 132 cm³/mol. The molecule has 0 aliphatic carbocycles. The summed E-state index contributed by atoms with van der Waals surface area (Å²) in [5, 5.41) is 2.65. The number of carbonyl (C=O) groups excluding carboxylic acids is 2. The Morgan fingerprint density at radius 3 is 2.42 bits per heavy atom. The third-order valence-corrected chi connectivity index (χ3v) is 5.39. The van der Waals surface area contributed by atoms with Gasteiger partial charge in [-0.3, -0.25) is 4.79 Å². The molecule has 3 amide bonds. The van der Waals surface area contributed by atoms with Gasteiger partial charge in [-0.05, 0) is 68.3 Å². The van der Waals surface area contributed by atoms with Crippen molar-refractivity contribution in [3.05, 3.63) is 89.4 Å². The summed E-state index contributed by atoms with van der Waals surface area (Å²) in [6.07, 6.45) is 0.521. The fourth-order valence-electron chi connectivity index (χ4n) is 3.59. The number of ether oxygens (including phenoxy) is 1. The summed E-state index contributed by atoms with van der Waals surface area (Å²) in [5.74, 6) is 0.138. The first-order chi connectivity index (χ1) is 17.3. The molecule has 36 heavy (non-hydrogen) atoms. The van der Waals surface area contributed by atoms with E-state index in [4.69, 9.17) is 9.15 Å². The first kappa shape index (κ1) is 26.9. The van der Waals surface area contributed by atoms with E-state index in [1.54, 1.807) is 29.2 Å². The van der Waals surface area contributed by atoms with Crippen molar-refractivity contribution in [3.8, 4) is 0 Å². The first-order valence-corrected chi connectivity index (χ1v) is 11.8. The molecule has 0 atom stereocenters. The number of hydrogen-bond donors (Lipinski definition) is 1. The number of halogens is 2. The minimum atomic E-state index is -0.527. The lowest BCUT2D eigenvalue weighted by Gasteiger charge is -2.27. The van der Waals surface area contributed by atoms with E-state index in [2.05, 4.69) is 5.32 Å². The van der Waals surface area contributed by atoms with E-state index in [-0.39, 0.29) is 43.6 Å². The van der Waals surface area contributed by atoms with Crippen LogP contribution in [0.4, 0.5) is 19.3 Å². The molecule has 0 spiro atoms. The third-order valence-electron chi connectivity index (χ3n) is 5.39. The standard InChI is InChI=1S/C27H31F2N3O4/c1-3-35-15-5-14-31(27(34)30-24-7-4-6-23(29)16-24)19-26(33)32(18-25-13-8-20(2)36-25)17-21-9-11-22(28)12-10-21/h4,6-13,16H,3,5,14-15,17-19H2,1-2H3,(H,30,34). The van der Waals surface area contributed by atoms with Gasteiger partial charge in [0.25, 0.3) is 0 Å². The van der Waals surface area contributed by atoms with Crippen LogP contribution in [0.5, 0.6) is 0 Å². The van der Waals surface area contributed by atoms with E-state index in [1.807, 2.05) is 19.9 Å². The van der Waals surface area contributed by atoms with Crippen LogP contribution in [0.25, 0.3) is 0 Å². The maximum absolute atomic E-state index is 13.6. The van der Waals surface area contributed by atoms with E-state index < -0.39 is 11.8 Å². The molecule has 9 heteroatoms. The Hall–Kier alpha value is -3.72. The summed E-state index contributed by atoms with van der Waals surface area (Å²) < 4.78 is 38.0. The highest BCUT2D eigenvalue weighted by Crippen LogP contribution is 2.15. The molecule has 0 saturated carbocycles. The van der Waals surface area contributed by atoms with Crippen LogP contribution < -0.4 is 5.32 Å². The van der Waals surface area contributed by atoms with Gasteiger partial charge in [0.2, 0.25) is 5.91 Å². The van der Waals surface area contributed by atoms with Crippen molar-refractivity contribution in [1.29, 1.82) is 0 Å². The second-order valence-corrected chi connectivity index (χ2v) is 8.30. The maximum atomic E-state index is 13.6. The average molecular weight is 500 g/mol. The highest BCUT2D eigenvalue weighted by Gasteiger charge is 2.23. The van der Waals surface area contributed by atoms with Gasteiger partial charge in [0.05, 0.1) is 6.54 Å². The van der Waals surface area contributed by atoms with Crippen molar-refractivity contribution in [2.24, 2.45) is 0 Å². The predicted octanol–water partition coefficient (Wildman–Crippen LogP) is 5.36. The summed E-state index contributed by atoms with van der Waals surface area (Å²) in [6, 6.07) is 14.5. The number of urea groups is 1. The number of amides is 3. The van der Waals surface area contributed by atoms with Crippen LogP contribution in [0.1, 0.15) is 30.4 Å². The second kappa shape index (κ2) is 13.4. The van der Waals surface area contributed by atoms with Gasteiger partial charge in [-0.25, -0.2) is 13.6 Å². The van der Waals surface area contributed by atoms with Crippen molar-refractivity contribution >= 4 is 17.6 Å². The van der Waals surface area contributed by atoms with Gasteiger partial charge in [0, 0.05) is 32.0 Å². The number of aryl methyl sites for hydroxylation is 1. The molecule has 0 radical (unpaired) electrons. The summed E-state index contributed by atoms with van der Waals surface area (Å²) in [7, 11) is 0. The van der Waals surface area contributed by atoms with Crippen molar-refractivity contribution in [2.45, 2.75) is 33.4 Å². The van der Waals surface area contributed by atoms with Crippen LogP contribution in [0, 0.1) is 18.6 Å². The first-order valence-electron chi connectivity index (χ1n) is 11.8. The van der Waals surface area contributed by atoms with E-state index in [1.165, 1.54) is 35.2 Å². The number of furan rings is 1. The SMILES string of the molecule is CCOCCCN(CC(=O)N(Cc1ccc(F)cc1)Cc1ccc(C)o1)C(=O)Nc1cccc(F)c1. The van der Waals surface area contributed by atoms with Crippen molar-refractivity contribution in [3.63, 3.8) is 0 Å². The van der Waals surface area contributed by atoms with Gasteiger partial charge in [-0.1, -0.05) is 18.2 Å². The molecular formula is C27H31F2N3O4. The molecule has 1 aromatic heterocycles. The van der Waals surface area contributed by atoms with Crippen molar-refractivity contribution in [1.82, 2.24) is 9.80 Å². The lowest BCUT2D eigenvalue weighted by molar-refractivity contribution is -0.133. The van der Waals surface area contributed by atoms with Gasteiger partial charge >= 0.3 is 6.03 Å². The number of hydrogen-bond acceptors (Lipinski definition) is 4. The molecule has 0 fully saturated rings. The Morgan fingerprint density at radius 2 is 1.75 bits per heavy atom. The Balaban J connectivity index is 1.76. The van der Waals surface area contributed by atoms with Crippen LogP contribution in [-0.4, -0.2) is 48.0 Å². The van der Waals surface area contributed by atoms with Crippen LogP contribution in [0.15, 0.2) is 65.1 Å². The Kier molecular flexibility index (Phi) is 10.00. The molecule has 0 bridgehead atoms. The van der Waals surface area contributed by atoms with Crippen molar-refractivity contribution < 1.29 is 27.5 Å². The smallest absolute Gasteiger partial charge is 0.322 e. The maximum Gasteiger partial charge on any atom is 0.322 e. The number of nitrogens with one attached hydrogen (secondary N) is 1. The number of anilines is 1. The largest absolute Gasteiger partial charge is 0.464 e. The van der Waals surface area contributed by atoms with E-state index in [9.17, 15) is 18.4 Å². The lowest BCUT2D eigenvalue weighted by Crippen LogP contribution is -2.44. The molecule has 1 heterocycles. The van der Waals surface area contributed by atoms with E-state index >= 15 is 0 Å². The number of nitrogens with zero attached hydrogens (tertiary/aromatic N) is 2. The van der Waals surface area contributed by atoms with Gasteiger partial charge in [0.1, 0.15) is 29.7 Å². The lowest BCUT2D eigenvalue weighted by atomic mass is 10.2. The zero-order chi connectivity index (χ0) is 25.9. The van der Waals surface area contributed by atoms with Crippen LogP contribution in [0.2, 0.25) is 0 Å². The summed E-state index contributed by atoms with van der Waals surface area (Å²) in [4.78, 5) is 29.4. The van der Waals surface area contributed by atoms with Gasteiger partial charge in [0.15, 0.2) is 0 Å². The molecule has 192 valence electrons. The monoisotopic (exact) mass is 499 g/mol. The molecule has 0 aliphatic rings. The number of carbonyl (C=O) groups is 2. The van der Waals surface area contributed by atoms with Crippen LogP contribution in [0.3, 0.4) is 0 Å². The van der Waals surface area contributed by atoms with E-state index in [0.717, 1.165) is 5.56 Å². The Labute approximate surface area is 209 Å². The topological polar surface area (TPSA) is 75.0 Å². The highest BCUT2D eigenvalue weighted by molar-refractivity contribution is 5.92. The van der Waals surface area contributed by atoms with Gasteiger partial charge in [-0.15, -0.1) is 0 Å². The van der Waals surface area contributed by atoms with Crippen molar-refractivity contribution in [2.75, 3.05) is 31.6 Å². The minimum absolute atomic E-state index is 0.183. The second-order valence-electron chi connectivity index (χ2n) is 8.30. The molecule has 0 saturated heterocycles. The molecule has 0 unspecified atom stereocenters. The minimum Gasteiger partial charge on any atom is -0.464 e. The zero-order valence-electron chi connectivity index (χ0n) is 20.5. The molecule has 2 aromatic carbocycles. The average Bonchev–Trinajstić information content (AvgIpc) is 3.26. The number of benzene rings is 2. The van der Waals surface area contributed by atoms with Gasteiger partial charge in [-0.2, -0.15) is 0 Å². The van der Waals surface area contributed by atoms with Crippen LogP contribution >= 0.6 is 0 Å². The fraction of sp³-hybridized carbons (Fsp3) is 0.333. The number of rotatable bonds is 12. The molecule has 3 aromatic rings. The normalized spacial score (nSPS) is 10.8. The molecule has 0 aliphatic heterocycles.